The second-order valence-corrected chi connectivity index (χ2v) is 7.88. The molecule has 0 unspecified atom stereocenters. The number of fused-ring (bicyclic) bond motifs is 1. The Morgan fingerprint density at radius 1 is 0.967 bits per heavy atom. The van der Waals surface area contributed by atoms with Crippen LogP contribution in [0.3, 0.4) is 0 Å². The molecule has 1 aromatic heterocycles. The second kappa shape index (κ2) is 7.25. The summed E-state index contributed by atoms with van der Waals surface area (Å²) in [6.45, 7) is 1.67. The van der Waals surface area contributed by atoms with Gasteiger partial charge in [-0.05, 0) is 19.1 Å². The third-order valence-electron chi connectivity index (χ3n) is 4.52. The van der Waals surface area contributed by atoms with Gasteiger partial charge in [-0.2, -0.15) is 8.42 Å². The van der Waals surface area contributed by atoms with Gasteiger partial charge in [-0.25, -0.2) is 4.68 Å². The highest BCUT2D eigenvalue weighted by atomic mass is 32.2. The van der Waals surface area contributed by atoms with Crippen LogP contribution in [0.4, 0.5) is 11.4 Å². The molecule has 0 saturated carbocycles. The molecule has 0 bridgehead atoms. The van der Waals surface area contributed by atoms with Crippen molar-refractivity contribution in [1.82, 2.24) is 9.78 Å². The van der Waals surface area contributed by atoms with Gasteiger partial charge in [0.1, 0.15) is 10.6 Å². The highest BCUT2D eigenvalue weighted by Gasteiger charge is 2.21. The molecule has 1 heterocycles. The Bertz CT molecular complexity index is 1450. The van der Waals surface area contributed by atoms with E-state index in [1.54, 1.807) is 49.4 Å². The molecule has 0 amide bonds. The lowest BCUT2D eigenvalue weighted by Crippen LogP contribution is -2.13. The van der Waals surface area contributed by atoms with Crippen molar-refractivity contribution in [2.24, 2.45) is 10.2 Å². The van der Waals surface area contributed by atoms with E-state index in [0.29, 0.717) is 16.8 Å². The number of rotatable bonds is 4. The van der Waals surface area contributed by atoms with Crippen LogP contribution in [0.1, 0.15) is 5.69 Å². The van der Waals surface area contributed by atoms with Crippen molar-refractivity contribution < 1.29 is 18.1 Å². The van der Waals surface area contributed by atoms with E-state index in [1.807, 2.05) is 6.07 Å². The first-order valence-electron chi connectivity index (χ1n) is 8.78. The van der Waals surface area contributed by atoms with E-state index >= 15 is 0 Å². The lowest BCUT2D eigenvalue weighted by molar-refractivity contribution is 0.446. The van der Waals surface area contributed by atoms with E-state index in [1.165, 1.54) is 10.7 Å². The number of hydrogen-bond donors (Lipinski definition) is 3. The molecule has 0 aliphatic rings. The number of hydrogen-bond acceptors (Lipinski definition) is 6. The van der Waals surface area contributed by atoms with Crippen LogP contribution in [0.15, 0.2) is 80.6 Å². The Hall–Kier alpha value is -3.76. The number of phenolic OH excluding ortho intramolecular Hbond substituents is 1. The summed E-state index contributed by atoms with van der Waals surface area (Å²) in [6.07, 6.45) is 0. The van der Waals surface area contributed by atoms with Gasteiger partial charge in [0, 0.05) is 16.8 Å². The standard InChI is InChI=1S/C20H16N4O5S/c1-12-18(20(26)24(23-12)13-7-3-2-4-8-13)22-21-16-11-17(25)19(30(27,28)29)15-10-6-5-9-14(15)16/h2-11,23,25H,1H3,(H,27,28,29). The van der Waals surface area contributed by atoms with Crippen molar-refractivity contribution in [2.45, 2.75) is 11.8 Å². The molecule has 3 N–H and O–H groups in total. The van der Waals surface area contributed by atoms with Crippen LogP contribution in [-0.2, 0) is 10.1 Å². The van der Waals surface area contributed by atoms with Gasteiger partial charge >= 0.3 is 0 Å². The molecule has 152 valence electrons. The fourth-order valence-electron chi connectivity index (χ4n) is 3.19. The molecule has 0 saturated heterocycles. The number of para-hydroxylation sites is 1. The van der Waals surface area contributed by atoms with Crippen molar-refractivity contribution in [3.63, 3.8) is 0 Å². The van der Waals surface area contributed by atoms with Crippen molar-refractivity contribution >= 4 is 32.3 Å². The number of nitrogens with zero attached hydrogens (tertiary/aromatic N) is 3. The molecule has 4 rings (SSSR count). The maximum absolute atomic E-state index is 12.7. The zero-order valence-electron chi connectivity index (χ0n) is 15.6. The van der Waals surface area contributed by atoms with Crippen molar-refractivity contribution in [2.75, 3.05) is 0 Å². The zero-order valence-corrected chi connectivity index (χ0v) is 16.5. The largest absolute Gasteiger partial charge is 0.506 e. The normalized spacial score (nSPS) is 12.1. The van der Waals surface area contributed by atoms with E-state index in [9.17, 15) is 22.9 Å². The summed E-state index contributed by atoms with van der Waals surface area (Å²) in [7, 11) is -4.67. The molecule has 0 aliphatic heterocycles. The number of nitrogens with one attached hydrogen (secondary N) is 1. The summed E-state index contributed by atoms with van der Waals surface area (Å²) < 4.78 is 34.2. The molecule has 3 aromatic carbocycles. The summed E-state index contributed by atoms with van der Waals surface area (Å²) in [5, 5.41) is 21.6. The van der Waals surface area contributed by atoms with E-state index in [4.69, 9.17) is 0 Å². The van der Waals surface area contributed by atoms with E-state index in [-0.39, 0.29) is 16.8 Å². The average molecular weight is 424 g/mol. The predicted molar refractivity (Wildman–Crippen MR) is 111 cm³/mol. The van der Waals surface area contributed by atoms with Gasteiger partial charge < -0.3 is 5.11 Å². The van der Waals surface area contributed by atoms with Crippen LogP contribution in [0, 0.1) is 6.92 Å². The number of aryl methyl sites for hydroxylation is 1. The smallest absolute Gasteiger partial charge is 0.299 e. The Morgan fingerprint density at radius 2 is 1.60 bits per heavy atom. The van der Waals surface area contributed by atoms with Crippen LogP contribution < -0.4 is 5.56 Å². The van der Waals surface area contributed by atoms with E-state index in [0.717, 1.165) is 6.07 Å². The SMILES string of the molecule is Cc1[nH]n(-c2ccccc2)c(=O)c1N=Nc1cc(O)c(S(=O)(=O)O)c2ccccc12. The Morgan fingerprint density at radius 3 is 2.27 bits per heavy atom. The average Bonchev–Trinajstić information content (AvgIpc) is 2.99. The van der Waals surface area contributed by atoms with Gasteiger partial charge in [-0.15, -0.1) is 10.2 Å². The van der Waals surface area contributed by atoms with E-state index < -0.39 is 26.3 Å². The van der Waals surface area contributed by atoms with Crippen molar-refractivity contribution in [1.29, 1.82) is 0 Å². The minimum absolute atomic E-state index is 0.0706. The lowest BCUT2D eigenvalue weighted by atomic mass is 10.1. The highest BCUT2D eigenvalue weighted by Crippen LogP contribution is 2.38. The van der Waals surface area contributed by atoms with Gasteiger partial charge in [-0.1, -0.05) is 42.5 Å². The number of H-pyrrole nitrogens is 1. The maximum Gasteiger partial charge on any atom is 0.299 e. The summed E-state index contributed by atoms with van der Waals surface area (Å²) in [6, 6.07) is 16.2. The molecule has 0 radical (unpaired) electrons. The first-order chi connectivity index (χ1) is 14.3. The number of azo groups is 1. The molecule has 0 fully saturated rings. The number of aromatic amines is 1. The molecular weight excluding hydrogens is 408 g/mol. The third kappa shape index (κ3) is 3.38. The van der Waals surface area contributed by atoms with Gasteiger partial charge in [-0.3, -0.25) is 14.4 Å². The highest BCUT2D eigenvalue weighted by molar-refractivity contribution is 7.86. The molecule has 4 aromatic rings. The monoisotopic (exact) mass is 424 g/mol. The first-order valence-corrected chi connectivity index (χ1v) is 10.2. The fraction of sp³-hybridized carbons (Fsp3) is 0.0500. The summed E-state index contributed by atoms with van der Waals surface area (Å²) >= 11 is 0. The molecular formula is C20H16N4O5S. The van der Waals surface area contributed by atoms with Gasteiger partial charge in [0.15, 0.2) is 5.69 Å². The molecule has 10 heteroatoms. The van der Waals surface area contributed by atoms with Crippen molar-refractivity contribution in [3.05, 3.63) is 76.7 Å². The second-order valence-electron chi connectivity index (χ2n) is 6.53. The Balaban J connectivity index is 1.85. The fourth-order valence-corrected chi connectivity index (χ4v) is 3.97. The van der Waals surface area contributed by atoms with Crippen molar-refractivity contribution in [3.8, 4) is 11.4 Å². The molecule has 0 spiro atoms. The first kappa shape index (κ1) is 19.6. The Labute approximate surface area is 170 Å². The molecule has 0 aliphatic carbocycles. The van der Waals surface area contributed by atoms with Crippen LogP contribution in [0.2, 0.25) is 0 Å². The number of aromatic nitrogens is 2. The molecule has 9 nitrogen and oxygen atoms in total. The molecule has 30 heavy (non-hydrogen) atoms. The predicted octanol–water partition coefficient (Wildman–Crippen LogP) is 3.99. The topological polar surface area (TPSA) is 137 Å². The summed E-state index contributed by atoms with van der Waals surface area (Å²) in [5.41, 5.74) is 0.914. The Kier molecular flexibility index (Phi) is 4.72. The number of phenols is 1. The zero-order chi connectivity index (χ0) is 21.5. The van der Waals surface area contributed by atoms with Crippen LogP contribution in [-0.4, -0.2) is 27.9 Å². The summed E-state index contributed by atoms with van der Waals surface area (Å²) in [4.78, 5) is 12.1. The lowest BCUT2D eigenvalue weighted by Gasteiger charge is -2.08. The molecule has 0 atom stereocenters. The number of benzene rings is 3. The van der Waals surface area contributed by atoms with E-state index in [2.05, 4.69) is 15.3 Å². The van der Waals surface area contributed by atoms with Crippen LogP contribution in [0.5, 0.6) is 5.75 Å². The quantitative estimate of drug-likeness (QED) is 0.336. The van der Waals surface area contributed by atoms with Gasteiger partial charge in [0.05, 0.1) is 17.1 Å². The third-order valence-corrected chi connectivity index (χ3v) is 5.47. The minimum atomic E-state index is -4.67. The summed E-state index contributed by atoms with van der Waals surface area (Å²) in [5.74, 6) is -0.669. The number of aromatic hydroxyl groups is 1. The van der Waals surface area contributed by atoms with Gasteiger partial charge in [0.25, 0.3) is 15.7 Å². The maximum atomic E-state index is 12.7. The van der Waals surface area contributed by atoms with Crippen LogP contribution >= 0.6 is 0 Å². The van der Waals surface area contributed by atoms with Crippen LogP contribution in [0.25, 0.3) is 16.5 Å². The van der Waals surface area contributed by atoms with Gasteiger partial charge in [0.2, 0.25) is 0 Å². The minimum Gasteiger partial charge on any atom is -0.506 e.